The molecule has 2 N–H and O–H groups in total. The maximum absolute atomic E-state index is 13.0. The van der Waals surface area contributed by atoms with Crippen molar-refractivity contribution in [3.05, 3.63) is 22.4 Å². The number of alkyl halides is 2. The fourth-order valence-electron chi connectivity index (χ4n) is 0.865. The van der Waals surface area contributed by atoms with Crippen LogP contribution in [0.2, 0.25) is 0 Å². The molecule has 1 aromatic heterocycles. The Kier molecular flexibility index (Phi) is 3.00. The monoisotopic (exact) mass is 208 g/mol. The molecule has 2 nitrogen and oxygen atoms in total. The maximum Gasteiger partial charge on any atom is 0.303 e. The molecule has 0 bridgehead atoms. The molecule has 0 aliphatic rings. The lowest BCUT2D eigenvalue weighted by molar-refractivity contribution is -0.172. The Labute approximate surface area is 78.5 Å². The summed E-state index contributed by atoms with van der Waals surface area (Å²) in [5.74, 6) is -3.50. The largest absolute Gasteiger partial charge is 0.387 e. The molecule has 5 heteroatoms. The van der Waals surface area contributed by atoms with E-state index in [0.29, 0.717) is 0 Å². The summed E-state index contributed by atoms with van der Waals surface area (Å²) in [7, 11) is 0. The summed E-state index contributed by atoms with van der Waals surface area (Å²) in [6.07, 6.45) is -3.78. The predicted molar refractivity (Wildman–Crippen MR) is 45.9 cm³/mol. The van der Waals surface area contributed by atoms with E-state index in [9.17, 15) is 13.9 Å². The summed E-state index contributed by atoms with van der Waals surface area (Å²) in [5, 5.41) is 19.5. The summed E-state index contributed by atoms with van der Waals surface area (Å²) in [6, 6.07) is 2.98. The van der Waals surface area contributed by atoms with Crippen LogP contribution in [-0.4, -0.2) is 22.2 Å². The minimum absolute atomic E-state index is 0.158. The lowest BCUT2D eigenvalue weighted by Gasteiger charge is -2.23. The van der Waals surface area contributed by atoms with E-state index in [0.717, 1.165) is 18.3 Å². The molecule has 2 atom stereocenters. The van der Waals surface area contributed by atoms with Gasteiger partial charge in [-0.2, -0.15) is 0 Å². The molecule has 74 valence electrons. The Morgan fingerprint density at radius 1 is 1.46 bits per heavy atom. The molecule has 0 aliphatic heterocycles. The van der Waals surface area contributed by atoms with Crippen LogP contribution in [0.3, 0.4) is 0 Å². The molecule has 1 aromatic rings. The third-order valence-electron chi connectivity index (χ3n) is 1.73. The van der Waals surface area contributed by atoms with Gasteiger partial charge in [0.2, 0.25) is 0 Å². The van der Waals surface area contributed by atoms with Crippen LogP contribution in [0.15, 0.2) is 17.5 Å². The van der Waals surface area contributed by atoms with Gasteiger partial charge in [-0.1, -0.05) is 6.07 Å². The number of halogens is 2. The normalized spacial score (nSPS) is 17.0. The highest BCUT2D eigenvalue weighted by Gasteiger charge is 2.44. The first-order chi connectivity index (χ1) is 5.96. The minimum Gasteiger partial charge on any atom is -0.387 e. The van der Waals surface area contributed by atoms with Crippen LogP contribution in [0.1, 0.15) is 17.9 Å². The van der Waals surface area contributed by atoms with Crippen molar-refractivity contribution in [1.29, 1.82) is 0 Å². The maximum atomic E-state index is 13.0. The molecular weight excluding hydrogens is 198 g/mol. The van der Waals surface area contributed by atoms with Crippen molar-refractivity contribution in [1.82, 2.24) is 0 Å². The SMILES string of the molecule is CC(O)C(F)(F)C(O)c1cccs1. The first-order valence-electron chi connectivity index (χ1n) is 3.73. The van der Waals surface area contributed by atoms with Gasteiger partial charge in [-0.25, -0.2) is 8.78 Å². The van der Waals surface area contributed by atoms with Crippen LogP contribution in [0, 0.1) is 0 Å². The van der Waals surface area contributed by atoms with E-state index in [1.807, 2.05) is 0 Å². The average molecular weight is 208 g/mol. The fraction of sp³-hybridized carbons (Fsp3) is 0.500. The highest BCUT2D eigenvalue weighted by molar-refractivity contribution is 7.10. The van der Waals surface area contributed by atoms with Crippen molar-refractivity contribution in [3.8, 4) is 0 Å². The van der Waals surface area contributed by atoms with Gasteiger partial charge in [0.1, 0.15) is 6.10 Å². The summed E-state index contributed by atoms with van der Waals surface area (Å²) in [6.45, 7) is 0.955. The van der Waals surface area contributed by atoms with Gasteiger partial charge in [-0.15, -0.1) is 11.3 Å². The fourth-order valence-corrected chi connectivity index (χ4v) is 1.62. The second-order valence-electron chi connectivity index (χ2n) is 2.77. The molecule has 0 radical (unpaired) electrons. The van der Waals surface area contributed by atoms with Gasteiger partial charge in [0.15, 0.2) is 6.10 Å². The van der Waals surface area contributed by atoms with E-state index >= 15 is 0 Å². The molecule has 0 spiro atoms. The van der Waals surface area contributed by atoms with Crippen molar-refractivity contribution in [2.45, 2.75) is 25.1 Å². The number of rotatable bonds is 3. The second-order valence-corrected chi connectivity index (χ2v) is 3.75. The Hall–Kier alpha value is -0.520. The predicted octanol–water partition coefficient (Wildman–Crippen LogP) is 1.80. The topological polar surface area (TPSA) is 40.5 Å². The summed E-state index contributed by atoms with van der Waals surface area (Å²) in [4.78, 5) is 0.158. The number of hydrogen-bond acceptors (Lipinski definition) is 3. The lowest BCUT2D eigenvalue weighted by atomic mass is 10.1. The highest BCUT2D eigenvalue weighted by Crippen LogP contribution is 2.35. The van der Waals surface area contributed by atoms with Gasteiger partial charge in [0, 0.05) is 4.88 Å². The van der Waals surface area contributed by atoms with Crippen LogP contribution in [0.5, 0.6) is 0 Å². The van der Waals surface area contributed by atoms with Crippen molar-refractivity contribution >= 4 is 11.3 Å². The molecule has 1 heterocycles. The smallest absolute Gasteiger partial charge is 0.303 e. The van der Waals surface area contributed by atoms with Crippen LogP contribution in [0.4, 0.5) is 8.78 Å². The van der Waals surface area contributed by atoms with Gasteiger partial charge < -0.3 is 10.2 Å². The van der Waals surface area contributed by atoms with Crippen LogP contribution in [0.25, 0.3) is 0 Å². The van der Waals surface area contributed by atoms with Gasteiger partial charge >= 0.3 is 5.92 Å². The van der Waals surface area contributed by atoms with Gasteiger partial charge in [-0.05, 0) is 18.4 Å². The Bertz CT molecular complexity index is 259. The van der Waals surface area contributed by atoms with Crippen molar-refractivity contribution in [3.63, 3.8) is 0 Å². The van der Waals surface area contributed by atoms with Gasteiger partial charge in [0.05, 0.1) is 0 Å². The summed E-state index contributed by atoms with van der Waals surface area (Å²) < 4.78 is 26.0. The van der Waals surface area contributed by atoms with E-state index in [1.165, 1.54) is 6.07 Å². The first kappa shape index (κ1) is 10.6. The van der Waals surface area contributed by atoms with Crippen LogP contribution in [-0.2, 0) is 0 Å². The van der Waals surface area contributed by atoms with Gasteiger partial charge in [0.25, 0.3) is 0 Å². The van der Waals surface area contributed by atoms with Gasteiger partial charge in [-0.3, -0.25) is 0 Å². The molecule has 0 amide bonds. The van der Waals surface area contributed by atoms with Crippen molar-refractivity contribution < 1.29 is 19.0 Å². The Morgan fingerprint density at radius 2 is 2.08 bits per heavy atom. The Balaban J connectivity index is 2.84. The number of hydrogen-bond donors (Lipinski definition) is 2. The lowest BCUT2D eigenvalue weighted by Crippen LogP contribution is -2.37. The van der Waals surface area contributed by atoms with Crippen LogP contribution >= 0.6 is 11.3 Å². The number of thiophene rings is 1. The third kappa shape index (κ3) is 2.04. The molecule has 0 saturated heterocycles. The number of aliphatic hydroxyl groups excluding tert-OH is 2. The number of aliphatic hydroxyl groups is 2. The molecule has 1 rings (SSSR count). The van der Waals surface area contributed by atoms with Crippen molar-refractivity contribution in [2.75, 3.05) is 0 Å². The minimum atomic E-state index is -3.50. The van der Waals surface area contributed by atoms with E-state index in [2.05, 4.69) is 0 Å². The molecular formula is C8H10F2O2S. The molecule has 0 saturated carbocycles. The average Bonchev–Trinajstić information content (AvgIpc) is 2.54. The quantitative estimate of drug-likeness (QED) is 0.795. The Morgan fingerprint density at radius 3 is 2.46 bits per heavy atom. The molecule has 13 heavy (non-hydrogen) atoms. The molecule has 0 fully saturated rings. The summed E-state index contributed by atoms with van der Waals surface area (Å²) >= 11 is 1.03. The first-order valence-corrected chi connectivity index (χ1v) is 4.61. The second kappa shape index (κ2) is 3.69. The standard InChI is InChI=1S/C8H10F2O2S/c1-5(11)8(9,10)7(12)6-3-2-4-13-6/h2-5,7,11-12H,1H3. The van der Waals surface area contributed by atoms with E-state index in [-0.39, 0.29) is 4.88 Å². The highest BCUT2D eigenvalue weighted by atomic mass is 32.1. The van der Waals surface area contributed by atoms with E-state index < -0.39 is 18.1 Å². The zero-order valence-electron chi connectivity index (χ0n) is 6.95. The van der Waals surface area contributed by atoms with E-state index in [1.54, 1.807) is 11.4 Å². The van der Waals surface area contributed by atoms with Crippen molar-refractivity contribution in [2.24, 2.45) is 0 Å². The van der Waals surface area contributed by atoms with E-state index in [4.69, 9.17) is 5.11 Å². The zero-order chi connectivity index (χ0) is 10.1. The molecule has 0 aromatic carbocycles. The summed E-state index contributed by atoms with van der Waals surface area (Å²) in [5.41, 5.74) is 0. The third-order valence-corrected chi connectivity index (χ3v) is 2.66. The zero-order valence-corrected chi connectivity index (χ0v) is 7.76. The van der Waals surface area contributed by atoms with Crippen LogP contribution < -0.4 is 0 Å². The molecule has 0 aliphatic carbocycles. The molecule has 2 unspecified atom stereocenters.